The monoisotopic (exact) mass is 347 g/mol. The molecule has 0 aliphatic carbocycles. The highest BCUT2D eigenvalue weighted by Gasteiger charge is 2.33. The van der Waals surface area contributed by atoms with Gasteiger partial charge in [-0.2, -0.15) is 4.98 Å². The molecule has 0 saturated carbocycles. The largest absolute Gasteiger partial charge is 0.342 e. The molecule has 5 heteroatoms. The van der Waals surface area contributed by atoms with Gasteiger partial charge in [-0.1, -0.05) is 53.7 Å². The average Bonchev–Trinajstić information content (AvgIpc) is 3.28. The molecule has 1 fully saturated rings. The summed E-state index contributed by atoms with van der Waals surface area (Å²) in [6.45, 7) is 3.39. The molecule has 0 bridgehead atoms. The zero-order chi connectivity index (χ0) is 17.9. The molecule has 4 rings (SSSR count). The number of hydrogen-bond acceptors (Lipinski definition) is 4. The molecule has 2 aromatic carbocycles. The maximum absolute atomic E-state index is 12.3. The second kappa shape index (κ2) is 7.12. The molecule has 0 spiro atoms. The van der Waals surface area contributed by atoms with Crippen molar-refractivity contribution in [2.75, 3.05) is 13.1 Å². The van der Waals surface area contributed by atoms with Crippen molar-refractivity contribution < 1.29 is 9.32 Å². The Morgan fingerprint density at radius 2 is 1.88 bits per heavy atom. The Morgan fingerprint density at radius 3 is 2.69 bits per heavy atom. The summed E-state index contributed by atoms with van der Waals surface area (Å²) in [7, 11) is 0. The SMILES string of the molecule is Cc1ccccc1-c1nc([C@H]2CC(=O)N(CCc3ccccc3)C2)no1. The van der Waals surface area contributed by atoms with E-state index in [1.165, 1.54) is 5.56 Å². The van der Waals surface area contributed by atoms with Crippen molar-refractivity contribution in [3.8, 4) is 11.5 Å². The molecule has 0 unspecified atom stereocenters. The van der Waals surface area contributed by atoms with Gasteiger partial charge in [-0.3, -0.25) is 4.79 Å². The van der Waals surface area contributed by atoms with E-state index in [2.05, 4.69) is 22.3 Å². The van der Waals surface area contributed by atoms with Crippen LogP contribution in [0.4, 0.5) is 0 Å². The van der Waals surface area contributed by atoms with E-state index in [1.54, 1.807) is 0 Å². The maximum Gasteiger partial charge on any atom is 0.258 e. The average molecular weight is 347 g/mol. The fourth-order valence-corrected chi connectivity index (χ4v) is 3.39. The van der Waals surface area contributed by atoms with Crippen LogP contribution in [0.3, 0.4) is 0 Å². The summed E-state index contributed by atoms with van der Waals surface area (Å²) in [5.41, 5.74) is 3.27. The molecule has 3 aromatic rings. The van der Waals surface area contributed by atoms with Gasteiger partial charge in [0.25, 0.3) is 5.89 Å². The van der Waals surface area contributed by atoms with E-state index >= 15 is 0 Å². The molecule has 2 heterocycles. The first kappa shape index (κ1) is 16.5. The predicted molar refractivity (Wildman–Crippen MR) is 98.6 cm³/mol. The molecular weight excluding hydrogens is 326 g/mol. The quantitative estimate of drug-likeness (QED) is 0.707. The zero-order valence-electron chi connectivity index (χ0n) is 14.8. The Labute approximate surface area is 152 Å². The third-order valence-corrected chi connectivity index (χ3v) is 4.91. The van der Waals surface area contributed by atoms with Gasteiger partial charge in [0, 0.05) is 31.0 Å². The molecule has 1 aliphatic heterocycles. The number of benzene rings is 2. The normalized spacial score (nSPS) is 17.0. The third kappa shape index (κ3) is 3.38. The van der Waals surface area contributed by atoms with Crippen LogP contribution in [-0.2, 0) is 11.2 Å². The van der Waals surface area contributed by atoms with Crippen molar-refractivity contribution in [2.24, 2.45) is 0 Å². The first-order chi connectivity index (χ1) is 12.7. The van der Waals surface area contributed by atoms with Gasteiger partial charge in [-0.05, 0) is 30.5 Å². The van der Waals surface area contributed by atoms with Gasteiger partial charge in [0.15, 0.2) is 5.82 Å². The van der Waals surface area contributed by atoms with Crippen LogP contribution in [-0.4, -0.2) is 34.0 Å². The Hall–Kier alpha value is -2.95. The second-order valence-electron chi connectivity index (χ2n) is 6.75. The minimum Gasteiger partial charge on any atom is -0.342 e. The third-order valence-electron chi connectivity index (χ3n) is 4.91. The molecule has 1 amide bonds. The highest BCUT2D eigenvalue weighted by Crippen LogP contribution is 2.29. The van der Waals surface area contributed by atoms with Gasteiger partial charge in [0.2, 0.25) is 5.91 Å². The number of aromatic nitrogens is 2. The van der Waals surface area contributed by atoms with Crippen LogP contribution < -0.4 is 0 Å². The number of hydrogen-bond donors (Lipinski definition) is 0. The van der Waals surface area contributed by atoms with Crippen LogP contribution in [0, 0.1) is 6.92 Å². The van der Waals surface area contributed by atoms with E-state index in [0.717, 1.165) is 24.1 Å². The smallest absolute Gasteiger partial charge is 0.258 e. The van der Waals surface area contributed by atoms with E-state index < -0.39 is 0 Å². The Morgan fingerprint density at radius 1 is 1.12 bits per heavy atom. The number of aryl methyl sites for hydroxylation is 1. The van der Waals surface area contributed by atoms with Crippen molar-refractivity contribution in [2.45, 2.75) is 25.7 Å². The first-order valence-corrected chi connectivity index (χ1v) is 8.92. The fourth-order valence-electron chi connectivity index (χ4n) is 3.39. The Balaban J connectivity index is 1.43. The minimum atomic E-state index is -0.000193. The number of rotatable bonds is 5. The van der Waals surface area contributed by atoms with E-state index in [4.69, 9.17) is 4.52 Å². The zero-order valence-corrected chi connectivity index (χ0v) is 14.8. The van der Waals surface area contributed by atoms with Crippen LogP contribution in [0.2, 0.25) is 0 Å². The Bertz CT molecular complexity index is 904. The lowest BCUT2D eigenvalue weighted by Crippen LogP contribution is -2.27. The molecule has 26 heavy (non-hydrogen) atoms. The van der Waals surface area contributed by atoms with Crippen molar-refractivity contribution in [3.05, 3.63) is 71.5 Å². The molecule has 1 aliphatic rings. The summed E-state index contributed by atoms with van der Waals surface area (Å²) in [5.74, 6) is 1.31. The standard InChI is InChI=1S/C21H21N3O2/c1-15-7-5-6-10-18(15)21-22-20(23-26-21)17-13-19(25)24(14-17)12-11-16-8-3-2-4-9-16/h2-10,17H,11-14H2,1H3/t17-/m0/s1. The highest BCUT2D eigenvalue weighted by atomic mass is 16.5. The summed E-state index contributed by atoms with van der Waals surface area (Å²) >= 11 is 0. The number of likely N-dealkylation sites (tertiary alicyclic amines) is 1. The van der Waals surface area contributed by atoms with Crippen molar-refractivity contribution >= 4 is 5.91 Å². The van der Waals surface area contributed by atoms with Gasteiger partial charge in [-0.15, -0.1) is 0 Å². The second-order valence-corrected chi connectivity index (χ2v) is 6.75. The summed E-state index contributed by atoms with van der Waals surface area (Å²) in [5, 5.41) is 4.14. The van der Waals surface area contributed by atoms with E-state index in [-0.39, 0.29) is 11.8 Å². The molecule has 0 N–H and O–H groups in total. The number of amides is 1. The van der Waals surface area contributed by atoms with E-state index in [9.17, 15) is 4.79 Å². The number of carbonyl (C=O) groups excluding carboxylic acids is 1. The van der Waals surface area contributed by atoms with Gasteiger partial charge in [-0.25, -0.2) is 0 Å². The van der Waals surface area contributed by atoms with Crippen molar-refractivity contribution in [1.82, 2.24) is 15.0 Å². The molecule has 1 aromatic heterocycles. The molecule has 1 atom stereocenters. The molecule has 132 valence electrons. The van der Waals surface area contributed by atoms with Crippen LogP contribution in [0.15, 0.2) is 59.1 Å². The molecule has 5 nitrogen and oxygen atoms in total. The topological polar surface area (TPSA) is 59.2 Å². The summed E-state index contributed by atoms with van der Waals surface area (Å²) in [4.78, 5) is 18.8. The maximum atomic E-state index is 12.3. The van der Waals surface area contributed by atoms with Crippen LogP contribution >= 0.6 is 0 Å². The molecule has 0 radical (unpaired) electrons. The molecular formula is C21H21N3O2. The minimum absolute atomic E-state index is 0.000193. The van der Waals surface area contributed by atoms with Gasteiger partial charge < -0.3 is 9.42 Å². The van der Waals surface area contributed by atoms with Crippen LogP contribution in [0.25, 0.3) is 11.5 Å². The summed E-state index contributed by atoms with van der Waals surface area (Å²) in [6.07, 6.45) is 1.31. The molecule has 1 saturated heterocycles. The predicted octanol–water partition coefficient (Wildman–Crippen LogP) is 3.60. The number of carbonyl (C=O) groups is 1. The summed E-state index contributed by atoms with van der Waals surface area (Å²) in [6, 6.07) is 18.2. The Kier molecular flexibility index (Phi) is 4.52. The highest BCUT2D eigenvalue weighted by molar-refractivity contribution is 5.79. The lowest BCUT2D eigenvalue weighted by atomic mass is 10.1. The van der Waals surface area contributed by atoms with Crippen LogP contribution in [0.5, 0.6) is 0 Å². The van der Waals surface area contributed by atoms with Gasteiger partial charge in [0.05, 0.1) is 0 Å². The number of nitrogens with zero attached hydrogens (tertiary/aromatic N) is 3. The lowest BCUT2D eigenvalue weighted by molar-refractivity contribution is -0.127. The van der Waals surface area contributed by atoms with E-state index in [0.29, 0.717) is 24.7 Å². The van der Waals surface area contributed by atoms with Crippen LogP contribution in [0.1, 0.15) is 29.3 Å². The van der Waals surface area contributed by atoms with E-state index in [1.807, 2.05) is 54.3 Å². The van der Waals surface area contributed by atoms with Crippen molar-refractivity contribution in [3.63, 3.8) is 0 Å². The fraction of sp³-hybridized carbons (Fsp3) is 0.286. The van der Waals surface area contributed by atoms with Gasteiger partial charge >= 0.3 is 0 Å². The summed E-state index contributed by atoms with van der Waals surface area (Å²) < 4.78 is 5.45. The first-order valence-electron chi connectivity index (χ1n) is 8.92. The van der Waals surface area contributed by atoms with Gasteiger partial charge in [0.1, 0.15) is 0 Å². The lowest BCUT2D eigenvalue weighted by Gasteiger charge is -2.15. The van der Waals surface area contributed by atoms with Crippen molar-refractivity contribution in [1.29, 1.82) is 0 Å².